The maximum atomic E-state index is 2.99. The SMILES string of the molecule is [Br-].[Br-].[C-]1=CC=CC1.[Zr+4].c1ccc2[cH-]ccc2c1. The van der Waals surface area contributed by atoms with Crippen LogP contribution in [-0.4, -0.2) is 0 Å². The Morgan fingerprint density at radius 2 is 1.82 bits per heavy atom. The van der Waals surface area contributed by atoms with Crippen molar-refractivity contribution in [1.29, 1.82) is 0 Å². The first kappa shape index (κ1) is 19.5. The maximum Gasteiger partial charge on any atom is 4.00 e. The van der Waals surface area contributed by atoms with Crippen molar-refractivity contribution in [3.8, 4) is 0 Å². The fraction of sp³-hybridized carbons (Fsp3) is 0.0714. The molecular weight excluding hydrogens is 419 g/mol. The average molecular weight is 431 g/mol. The zero-order valence-corrected chi connectivity index (χ0v) is 14.9. The summed E-state index contributed by atoms with van der Waals surface area (Å²) < 4.78 is 0. The van der Waals surface area contributed by atoms with Gasteiger partial charge in [0.2, 0.25) is 0 Å². The molecule has 0 spiro atoms. The number of benzene rings is 1. The number of halogens is 2. The molecule has 17 heavy (non-hydrogen) atoms. The van der Waals surface area contributed by atoms with Crippen molar-refractivity contribution in [2.45, 2.75) is 6.42 Å². The third-order valence-corrected chi connectivity index (χ3v) is 2.13. The van der Waals surface area contributed by atoms with E-state index in [0.29, 0.717) is 0 Å². The Hall–Kier alpha value is 0.153. The van der Waals surface area contributed by atoms with Crippen LogP contribution in [0.5, 0.6) is 0 Å². The van der Waals surface area contributed by atoms with Crippen LogP contribution in [0.4, 0.5) is 0 Å². The number of rotatable bonds is 0. The molecule has 0 bridgehead atoms. The van der Waals surface area contributed by atoms with Gasteiger partial charge in [0.1, 0.15) is 0 Å². The van der Waals surface area contributed by atoms with Crippen LogP contribution >= 0.6 is 0 Å². The molecule has 0 atom stereocenters. The van der Waals surface area contributed by atoms with Gasteiger partial charge in [-0.1, -0.05) is 6.07 Å². The van der Waals surface area contributed by atoms with Gasteiger partial charge >= 0.3 is 26.2 Å². The minimum atomic E-state index is 0. The van der Waals surface area contributed by atoms with E-state index in [1.165, 1.54) is 10.8 Å². The first-order valence-electron chi connectivity index (χ1n) is 4.79. The van der Waals surface area contributed by atoms with Crippen LogP contribution in [-0.2, 0) is 26.2 Å². The molecule has 0 unspecified atom stereocenters. The topological polar surface area (TPSA) is 0 Å². The van der Waals surface area contributed by atoms with Gasteiger partial charge in [0.25, 0.3) is 0 Å². The molecule has 3 rings (SSSR count). The van der Waals surface area contributed by atoms with E-state index in [-0.39, 0.29) is 60.2 Å². The smallest absolute Gasteiger partial charge is 1.00 e. The Morgan fingerprint density at radius 3 is 2.35 bits per heavy atom. The molecule has 0 aliphatic heterocycles. The van der Waals surface area contributed by atoms with Crippen molar-refractivity contribution in [3.05, 3.63) is 66.8 Å². The quantitative estimate of drug-likeness (QED) is 0.419. The van der Waals surface area contributed by atoms with Crippen molar-refractivity contribution in [1.82, 2.24) is 0 Å². The van der Waals surface area contributed by atoms with Gasteiger partial charge in [-0.2, -0.15) is 23.6 Å². The molecule has 86 valence electrons. The first-order chi connectivity index (χ1) is 6.97. The molecule has 0 nitrogen and oxygen atoms in total. The Bertz CT molecular complexity index is 418. The van der Waals surface area contributed by atoms with Gasteiger partial charge in [-0.3, -0.25) is 6.08 Å². The molecule has 1 aliphatic carbocycles. The van der Waals surface area contributed by atoms with Crippen LogP contribution in [0.1, 0.15) is 6.42 Å². The zero-order valence-electron chi connectivity index (χ0n) is 9.24. The second-order valence-corrected chi connectivity index (χ2v) is 3.16. The van der Waals surface area contributed by atoms with E-state index in [4.69, 9.17) is 0 Å². The van der Waals surface area contributed by atoms with Crippen LogP contribution in [0.3, 0.4) is 0 Å². The summed E-state index contributed by atoms with van der Waals surface area (Å²) in [5.74, 6) is 0. The second-order valence-electron chi connectivity index (χ2n) is 3.16. The molecule has 0 amide bonds. The summed E-state index contributed by atoms with van der Waals surface area (Å²) in [7, 11) is 0. The van der Waals surface area contributed by atoms with Crippen molar-refractivity contribution in [2.24, 2.45) is 0 Å². The van der Waals surface area contributed by atoms with E-state index in [9.17, 15) is 0 Å². The molecule has 0 heterocycles. The summed E-state index contributed by atoms with van der Waals surface area (Å²) in [6, 6.07) is 14.7. The molecule has 0 saturated carbocycles. The molecular formula is C14H12Br2Zr. The van der Waals surface area contributed by atoms with Gasteiger partial charge in [-0.15, -0.1) is 36.1 Å². The average Bonchev–Trinajstić information content (AvgIpc) is 2.92. The first-order valence-corrected chi connectivity index (χ1v) is 4.79. The van der Waals surface area contributed by atoms with E-state index in [0.717, 1.165) is 6.42 Å². The molecule has 0 fully saturated rings. The van der Waals surface area contributed by atoms with E-state index < -0.39 is 0 Å². The van der Waals surface area contributed by atoms with Gasteiger partial charge in [0, 0.05) is 0 Å². The predicted molar refractivity (Wildman–Crippen MR) is 61.1 cm³/mol. The summed E-state index contributed by atoms with van der Waals surface area (Å²) >= 11 is 0. The largest absolute Gasteiger partial charge is 4.00 e. The number of hydrogen-bond acceptors (Lipinski definition) is 0. The number of fused-ring (bicyclic) bond motifs is 1. The summed E-state index contributed by atoms with van der Waals surface area (Å²) in [6.45, 7) is 0. The van der Waals surface area contributed by atoms with Crippen molar-refractivity contribution in [3.63, 3.8) is 0 Å². The minimum absolute atomic E-state index is 0. The fourth-order valence-electron chi connectivity index (χ4n) is 1.41. The monoisotopic (exact) mass is 428 g/mol. The van der Waals surface area contributed by atoms with Gasteiger partial charge in [0.15, 0.2) is 0 Å². The van der Waals surface area contributed by atoms with E-state index in [1.54, 1.807) is 0 Å². The third-order valence-electron chi connectivity index (χ3n) is 2.13. The molecule has 1 aliphatic rings. The molecule has 0 aromatic heterocycles. The normalized spacial score (nSPS) is 10.6. The van der Waals surface area contributed by atoms with Crippen LogP contribution in [0.25, 0.3) is 10.8 Å². The Labute approximate surface area is 143 Å². The summed E-state index contributed by atoms with van der Waals surface area (Å²) in [6.07, 6.45) is 10.0. The molecule has 2 aromatic carbocycles. The second kappa shape index (κ2) is 11.3. The summed E-state index contributed by atoms with van der Waals surface area (Å²) in [5, 5.41) is 2.66. The zero-order chi connectivity index (χ0) is 9.64. The van der Waals surface area contributed by atoms with Crippen LogP contribution in [0.15, 0.2) is 60.7 Å². The summed E-state index contributed by atoms with van der Waals surface area (Å²) in [4.78, 5) is 0. The standard InChI is InChI=1S/C9H7.C5H5.2BrH.Zr/c1-2-5-9-7-3-6-8(9)4-1;1-2-4-5-3-1;;;/h1-7H;1-3H,4H2;2*1H;/q2*-1;;;+4/p-2. The Kier molecular flexibility index (Phi) is 12.9. The fourth-order valence-corrected chi connectivity index (χ4v) is 1.41. The van der Waals surface area contributed by atoms with E-state index in [1.807, 2.05) is 12.2 Å². The van der Waals surface area contributed by atoms with Crippen molar-refractivity contribution >= 4 is 10.8 Å². The molecule has 2 aromatic rings. The number of hydrogen-bond donors (Lipinski definition) is 0. The number of allylic oxidation sites excluding steroid dienone is 4. The molecule has 0 radical (unpaired) electrons. The third kappa shape index (κ3) is 6.59. The summed E-state index contributed by atoms with van der Waals surface area (Å²) in [5.41, 5.74) is 0. The maximum absolute atomic E-state index is 2.99. The van der Waals surface area contributed by atoms with E-state index in [2.05, 4.69) is 54.6 Å². The molecule has 3 heteroatoms. The van der Waals surface area contributed by atoms with Gasteiger partial charge in [-0.05, 0) is 0 Å². The Balaban J connectivity index is 0. The van der Waals surface area contributed by atoms with Gasteiger partial charge < -0.3 is 34.0 Å². The van der Waals surface area contributed by atoms with Crippen molar-refractivity contribution in [2.75, 3.05) is 0 Å². The Morgan fingerprint density at radius 1 is 1.06 bits per heavy atom. The predicted octanol–water partition coefficient (Wildman–Crippen LogP) is -2.13. The molecule has 0 saturated heterocycles. The van der Waals surface area contributed by atoms with Gasteiger partial charge in [0.05, 0.1) is 0 Å². The van der Waals surface area contributed by atoms with Crippen molar-refractivity contribution < 1.29 is 60.2 Å². The van der Waals surface area contributed by atoms with Crippen LogP contribution < -0.4 is 34.0 Å². The minimum Gasteiger partial charge on any atom is -1.00 e. The van der Waals surface area contributed by atoms with Crippen LogP contribution in [0, 0.1) is 6.08 Å². The molecule has 0 N–H and O–H groups in total. The van der Waals surface area contributed by atoms with Gasteiger partial charge in [-0.25, -0.2) is 12.2 Å². The van der Waals surface area contributed by atoms with E-state index >= 15 is 0 Å². The van der Waals surface area contributed by atoms with Crippen LogP contribution in [0.2, 0.25) is 0 Å².